The van der Waals surface area contributed by atoms with Gasteiger partial charge in [0.05, 0.1) is 6.04 Å². The van der Waals surface area contributed by atoms with E-state index in [1.54, 1.807) is 24.3 Å². The molecular weight excluding hydrogens is 466 g/mol. The van der Waals surface area contributed by atoms with Crippen LogP contribution in [0.1, 0.15) is 40.1 Å². The summed E-state index contributed by atoms with van der Waals surface area (Å²) in [6.07, 6.45) is -9.78. The molecule has 4 rings (SSSR count). The largest absolute Gasteiger partial charge is 0.573 e. The van der Waals surface area contributed by atoms with Crippen molar-refractivity contribution in [2.24, 2.45) is 0 Å². The smallest absolute Gasteiger partial charge is 0.406 e. The number of amides is 1. The molecule has 0 unspecified atom stereocenters. The number of carbonyl (C=O) groups excluding carboxylic acids is 1. The van der Waals surface area contributed by atoms with E-state index in [-0.39, 0.29) is 23.6 Å². The van der Waals surface area contributed by atoms with Crippen LogP contribution < -0.4 is 15.4 Å². The topological polar surface area (TPSA) is 68.2 Å². The Kier molecular flexibility index (Phi) is 5.92. The molecule has 2 atom stereocenters. The number of nitrogens with zero attached hydrogens (tertiary/aromatic N) is 2. The van der Waals surface area contributed by atoms with E-state index in [2.05, 4.69) is 20.5 Å². The Labute approximate surface area is 189 Å². The molecule has 34 heavy (non-hydrogen) atoms. The molecule has 0 bridgehead atoms. The van der Waals surface area contributed by atoms with Crippen molar-refractivity contribution in [1.82, 2.24) is 9.78 Å². The molecule has 3 aromatic rings. The van der Waals surface area contributed by atoms with Gasteiger partial charge in [-0.25, -0.2) is 4.68 Å². The number of rotatable bonds is 4. The van der Waals surface area contributed by atoms with Crippen LogP contribution in [0.25, 0.3) is 0 Å². The van der Waals surface area contributed by atoms with E-state index in [4.69, 9.17) is 0 Å². The van der Waals surface area contributed by atoms with Crippen LogP contribution in [-0.4, -0.2) is 28.2 Å². The second-order valence-corrected chi connectivity index (χ2v) is 7.79. The molecule has 12 heteroatoms. The van der Waals surface area contributed by atoms with Crippen LogP contribution in [0.4, 0.5) is 37.8 Å². The van der Waals surface area contributed by atoms with Crippen molar-refractivity contribution in [3.8, 4) is 5.75 Å². The fourth-order valence-corrected chi connectivity index (χ4v) is 3.64. The van der Waals surface area contributed by atoms with Gasteiger partial charge in [0.2, 0.25) is 0 Å². The van der Waals surface area contributed by atoms with Crippen molar-refractivity contribution in [3.63, 3.8) is 0 Å². The zero-order valence-corrected chi connectivity index (χ0v) is 17.5. The zero-order valence-electron chi connectivity index (χ0n) is 17.5. The summed E-state index contributed by atoms with van der Waals surface area (Å²) < 4.78 is 82.7. The van der Waals surface area contributed by atoms with Gasteiger partial charge in [0.25, 0.3) is 5.91 Å². The average molecular weight is 484 g/mol. The fraction of sp³-hybridized carbons (Fsp3) is 0.273. The Bertz CT molecular complexity index is 1170. The van der Waals surface area contributed by atoms with E-state index in [0.717, 1.165) is 22.4 Å². The van der Waals surface area contributed by atoms with E-state index in [1.165, 1.54) is 18.2 Å². The van der Waals surface area contributed by atoms with E-state index < -0.39 is 36.3 Å². The molecule has 0 spiro atoms. The van der Waals surface area contributed by atoms with Crippen molar-refractivity contribution in [1.29, 1.82) is 0 Å². The predicted octanol–water partition coefficient (Wildman–Crippen LogP) is 6.00. The van der Waals surface area contributed by atoms with Crippen molar-refractivity contribution in [2.45, 2.75) is 38.0 Å². The number of carbonyl (C=O) groups is 1. The second kappa shape index (κ2) is 8.58. The molecule has 1 amide bonds. The van der Waals surface area contributed by atoms with Crippen molar-refractivity contribution in [3.05, 3.63) is 71.4 Å². The summed E-state index contributed by atoms with van der Waals surface area (Å²) in [5.41, 5.74) is 1.47. The molecule has 1 aliphatic rings. The van der Waals surface area contributed by atoms with Gasteiger partial charge in [-0.1, -0.05) is 29.8 Å². The number of hydrogen-bond acceptors (Lipinski definition) is 4. The lowest BCUT2D eigenvalue weighted by atomic mass is 9.96. The number of nitrogens with one attached hydrogen (secondary N) is 2. The molecule has 2 N–H and O–H groups in total. The monoisotopic (exact) mass is 484 g/mol. The average Bonchev–Trinajstić information content (AvgIpc) is 3.17. The highest BCUT2D eigenvalue weighted by Gasteiger charge is 2.46. The number of fused-ring (bicyclic) bond motifs is 1. The van der Waals surface area contributed by atoms with Crippen LogP contribution in [0.3, 0.4) is 0 Å². The van der Waals surface area contributed by atoms with Gasteiger partial charge < -0.3 is 15.4 Å². The lowest BCUT2D eigenvalue weighted by Crippen LogP contribution is -2.35. The highest BCUT2D eigenvalue weighted by atomic mass is 19.4. The van der Waals surface area contributed by atoms with Crippen molar-refractivity contribution < 1.29 is 35.9 Å². The van der Waals surface area contributed by atoms with E-state index >= 15 is 0 Å². The third kappa shape index (κ3) is 5.26. The van der Waals surface area contributed by atoms with Gasteiger partial charge in [0.1, 0.15) is 11.6 Å². The number of benzene rings is 2. The van der Waals surface area contributed by atoms with Crippen LogP contribution in [0.15, 0.2) is 54.6 Å². The van der Waals surface area contributed by atoms with Gasteiger partial charge in [-0.2, -0.15) is 18.3 Å². The minimum atomic E-state index is -4.86. The number of halogens is 6. The summed E-state index contributed by atoms with van der Waals surface area (Å²) in [5.74, 6) is -1.28. The third-order valence-electron chi connectivity index (χ3n) is 5.25. The molecular formula is C22H18F6N4O2. The van der Waals surface area contributed by atoms with Crippen LogP contribution in [0.2, 0.25) is 0 Å². The number of ether oxygens (including phenoxy) is 1. The standard InChI is InChI=1S/C22H18F6N4O2/c1-12-2-4-13(5-3-12)16-10-18(21(23,24)25)32-19(30-16)11-17(31-32)20(33)29-14-6-8-15(9-7-14)34-22(26,27)28/h2-9,11,16,18,30H,10H2,1H3,(H,29,33)/t16-,18-/m1/s1. The Balaban J connectivity index is 1.55. The maximum absolute atomic E-state index is 13.8. The predicted molar refractivity (Wildman–Crippen MR) is 111 cm³/mol. The highest BCUT2D eigenvalue weighted by molar-refractivity contribution is 6.03. The first-order chi connectivity index (χ1) is 15.9. The molecule has 6 nitrogen and oxygen atoms in total. The van der Waals surface area contributed by atoms with Gasteiger partial charge >= 0.3 is 12.5 Å². The van der Waals surface area contributed by atoms with Crippen LogP contribution in [0, 0.1) is 6.92 Å². The number of aryl methyl sites for hydroxylation is 1. The Morgan fingerprint density at radius 1 is 1.06 bits per heavy atom. The summed E-state index contributed by atoms with van der Waals surface area (Å²) in [4.78, 5) is 12.6. The van der Waals surface area contributed by atoms with E-state index in [9.17, 15) is 31.1 Å². The molecule has 0 fully saturated rings. The molecule has 0 saturated heterocycles. The first-order valence-corrected chi connectivity index (χ1v) is 10.1. The summed E-state index contributed by atoms with van der Waals surface area (Å²) in [6, 6.07) is 10.0. The maximum Gasteiger partial charge on any atom is 0.573 e. The van der Waals surface area contributed by atoms with Crippen molar-refractivity contribution in [2.75, 3.05) is 10.6 Å². The molecule has 0 aliphatic carbocycles. The van der Waals surface area contributed by atoms with Gasteiger partial charge in [-0.05, 0) is 36.8 Å². The Morgan fingerprint density at radius 2 is 1.71 bits per heavy atom. The van der Waals surface area contributed by atoms with Crippen LogP contribution in [-0.2, 0) is 0 Å². The summed E-state index contributed by atoms with van der Waals surface area (Å²) in [7, 11) is 0. The van der Waals surface area contributed by atoms with Gasteiger partial charge in [-0.15, -0.1) is 13.2 Å². The number of aromatic nitrogens is 2. The van der Waals surface area contributed by atoms with E-state index in [0.29, 0.717) is 5.56 Å². The number of anilines is 2. The first kappa shape index (κ1) is 23.5. The minimum Gasteiger partial charge on any atom is -0.406 e. The summed E-state index contributed by atoms with van der Waals surface area (Å²) in [5, 5.41) is 9.25. The second-order valence-electron chi connectivity index (χ2n) is 7.79. The molecule has 0 radical (unpaired) electrons. The summed E-state index contributed by atoms with van der Waals surface area (Å²) in [6.45, 7) is 1.87. The van der Waals surface area contributed by atoms with Crippen LogP contribution in [0.5, 0.6) is 5.75 Å². The molecule has 1 aliphatic heterocycles. The molecule has 2 aromatic carbocycles. The van der Waals surface area contributed by atoms with Crippen LogP contribution >= 0.6 is 0 Å². The quantitative estimate of drug-likeness (QED) is 0.446. The van der Waals surface area contributed by atoms with Gasteiger partial charge in [0, 0.05) is 18.2 Å². The molecule has 0 saturated carbocycles. The highest BCUT2D eigenvalue weighted by Crippen LogP contribution is 2.43. The lowest BCUT2D eigenvalue weighted by Gasteiger charge is -2.33. The fourth-order valence-electron chi connectivity index (χ4n) is 3.64. The zero-order chi connectivity index (χ0) is 24.7. The first-order valence-electron chi connectivity index (χ1n) is 10.1. The Hall–Kier alpha value is -3.70. The number of hydrogen-bond donors (Lipinski definition) is 2. The number of alkyl halides is 6. The third-order valence-corrected chi connectivity index (χ3v) is 5.25. The Morgan fingerprint density at radius 3 is 2.29 bits per heavy atom. The minimum absolute atomic E-state index is 0.0261. The normalized spacial score (nSPS) is 18.1. The SMILES string of the molecule is Cc1ccc([C@H]2C[C@H](C(F)(F)F)n3nc(C(=O)Nc4ccc(OC(F)(F)F)cc4)cc3N2)cc1. The van der Waals surface area contributed by atoms with Gasteiger partial charge in [-0.3, -0.25) is 4.79 Å². The maximum atomic E-state index is 13.8. The molecule has 2 heterocycles. The van der Waals surface area contributed by atoms with Crippen molar-refractivity contribution >= 4 is 17.4 Å². The summed E-state index contributed by atoms with van der Waals surface area (Å²) >= 11 is 0. The lowest BCUT2D eigenvalue weighted by molar-refractivity contribution is -0.274. The van der Waals surface area contributed by atoms with E-state index in [1.807, 2.05) is 6.92 Å². The molecule has 180 valence electrons. The molecule has 1 aromatic heterocycles. The van der Waals surface area contributed by atoms with Gasteiger partial charge in [0.15, 0.2) is 11.7 Å².